The van der Waals surface area contributed by atoms with E-state index in [1.165, 1.54) is 24.5 Å². The molecule has 0 aliphatic carbocycles. The number of carbonyl (C=O) groups is 2. The minimum atomic E-state index is -0.453. The highest BCUT2D eigenvalue weighted by atomic mass is 19.1. The summed E-state index contributed by atoms with van der Waals surface area (Å²) in [6.07, 6.45) is 2.18. The number of nitrogens with one attached hydrogen (secondary N) is 1. The number of fused-ring (bicyclic) bond motifs is 1. The van der Waals surface area contributed by atoms with Crippen LogP contribution in [0.1, 0.15) is 24.3 Å². The molecule has 2 amide bonds. The third-order valence-corrected chi connectivity index (χ3v) is 3.18. The lowest BCUT2D eigenvalue weighted by Gasteiger charge is -2.19. The van der Waals surface area contributed by atoms with Crippen LogP contribution in [0.15, 0.2) is 28.9 Å². The van der Waals surface area contributed by atoms with Crippen LogP contribution in [0.3, 0.4) is 0 Å². The fourth-order valence-electron chi connectivity index (χ4n) is 2.28. The number of piperidine rings is 1. The molecule has 1 N–H and O–H groups in total. The Bertz CT molecular complexity index is 647. The minimum Gasteiger partial charge on any atom is -0.464 e. The van der Waals surface area contributed by atoms with E-state index in [-0.39, 0.29) is 17.6 Å². The zero-order valence-corrected chi connectivity index (χ0v) is 9.40. The molecule has 2 heterocycles. The lowest BCUT2D eigenvalue weighted by Crippen LogP contribution is -2.39. The Kier molecular flexibility index (Phi) is 2.40. The Balaban J connectivity index is 2.06. The maximum Gasteiger partial charge on any atom is 0.234 e. The molecular weight excluding hydrogens is 237 g/mol. The van der Waals surface area contributed by atoms with Crippen LogP contribution in [0.2, 0.25) is 0 Å². The van der Waals surface area contributed by atoms with Crippen molar-refractivity contribution in [3.05, 3.63) is 35.8 Å². The van der Waals surface area contributed by atoms with Gasteiger partial charge in [-0.05, 0) is 24.6 Å². The molecule has 5 heteroatoms. The number of imide groups is 1. The van der Waals surface area contributed by atoms with Gasteiger partial charge in [-0.1, -0.05) is 0 Å². The van der Waals surface area contributed by atoms with E-state index in [4.69, 9.17) is 4.42 Å². The molecule has 0 spiro atoms. The van der Waals surface area contributed by atoms with Crippen molar-refractivity contribution in [2.24, 2.45) is 0 Å². The average molecular weight is 247 g/mol. The Morgan fingerprint density at radius 1 is 1.33 bits per heavy atom. The fraction of sp³-hybridized carbons (Fsp3) is 0.231. The number of furan rings is 1. The van der Waals surface area contributed by atoms with Crippen molar-refractivity contribution in [2.45, 2.75) is 18.8 Å². The molecule has 1 fully saturated rings. The third kappa shape index (κ3) is 1.68. The van der Waals surface area contributed by atoms with E-state index in [0.29, 0.717) is 29.4 Å². The van der Waals surface area contributed by atoms with Gasteiger partial charge in [0.2, 0.25) is 11.8 Å². The van der Waals surface area contributed by atoms with Crippen molar-refractivity contribution in [2.75, 3.05) is 0 Å². The molecule has 1 saturated heterocycles. The minimum absolute atomic E-state index is 0.268. The van der Waals surface area contributed by atoms with E-state index in [1.54, 1.807) is 0 Å². The molecule has 1 aliphatic heterocycles. The molecule has 0 bridgehead atoms. The van der Waals surface area contributed by atoms with E-state index in [1.807, 2.05) is 0 Å². The molecule has 1 unspecified atom stereocenters. The maximum absolute atomic E-state index is 13.2. The van der Waals surface area contributed by atoms with Gasteiger partial charge in [0.25, 0.3) is 0 Å². The maximum atomic E-state index is 13.2. The lowest BCUT2D eigenvalue weighted by molar-refractivity contribution is -0.134. The summed E-state index contributed by atoms with van der Waals surface area (Å²) in [5, 5.41) is 2.87. The zero-order chi connectivity index (χ0) is 12.7. The van der Waals surface area contributed by atoms with Crippen molar-refractivity contribution in [1.82, 2.24) is 5.32 Å². The van der Waals surface area contributed by atoms with Crippen LogP contribution in [0.25, 0.3) is 11.0 Å². The van der Waals surface area contributed by atoms with E-state index in [2.05, 4.69) is 5.32 Å². The van der Waals surface area contributed by atoms with Gasteiger partial charge >= 0.3 is 0 Å². The van der Waals surface area contributed by atoms with Crippen molar-refractivity contribution in [3.8, 4) is 0 Å². The summed E-state index contributed by atoms with van der Waals surface area (Å²) in [4.78, 5) is 22.9. The summed E-state index contributed by atoms with van der Waals surface area (Å²) in [5.74, 6) is -1.45. The first-order valence-corrected chi connectivity index (χ1v) is 5.65. The number of carbonyl (C=O) groups excluding carboxylic acids is 2. The van der Waals surface area contributed by atoms with Gasteiger partial charge in [-0.15, -0.1) is 0 Å². The monoisotopic (exact) mass is 247 g/mol. The van der Waals surface area contributed by atoms with Crippen LogP contribution in [-0.2, 0) is 9.59 Å². The van der Waals surface area contributed by atoms with Crippen LogP contribution in [0, 0.1) is 5.82 Å². The van der Waals surface area contributed by atoms with Crippen LogP contribution >= 0.6 is 0 Å². The summed E-state index contributed by atoms with van der Waals surface area (Å²) in [6, 6.07) is 4.18. The van der Waals surface area contributed by atoms with E-state index in [0.717, 1.165) is 0 Å². The Morgan fingerprint density at radius 2 is 2.17 bits per heavy atom. The molecule has 1 aromatic heterocycles. The number of amides is 2. The highest BCUT2D eigenvalue weighted by Gasteiger charge is 2.30. The van der Waals surface area contributed by atoms with Gasteiger partial charge < -0.3 is 4.42 Å². The Morgan fingerprint density at radius 3 is 2.94 bits per heavy atom. The summed E-state index contributed by atoms with van der Waals surface area (Å²) in [5.41, 5.74) is 1.17. The second kappa shape index (κ2) is 3.94. The van der Waals surface area contributed by atoms with Crippen molar-refractivity contribution < 1.29 is 18.4 Å². The van der Waals surface area contributed by atoms with Gasteiger partial charge in [0.15, 0.2) is 0 Å². The molecule has 1 atom stereocenters. The molecule has 2 aromatic rings. The van der Waals surface area contributed by atoms with Crippen LogP contribution in [0.4, 0.5) is 4.39 Å². The molecule has 3 rings (SSSR count). The predicted molar refractivity (Wildman–Crippen MR) is 61.3 cm³/mol. The van der Waals surface area contributed by atoms with E-state index < -0.39 is 5.92 Å². The van der Waals surface area contributed by atoms with Crippen LogP contribution in [0.5, 0.6) is 0 Å². The molecule has 92 valence electrons. The van der Waals surface area contributed by atoms with Crippen LogP contribution < -0.4 is 5.32 Å². The van der Waals surface area contributed by atoms with Gasteiger partial charge in [-0.25, -0.2) is 4.39 Å². The van der Waals surface area contributed by atoms with E-state index in [9.17, 15) is 14.0 Å². The van der Waals surface area contributed by atoms with Gasteiger partial charge in [-0.3, -0.25) is 14.9 Å². The first-order valence-electron chi connectivity index (χ1n) is 5.65. The number of halogens is 1. The smallest absolute Gasteiger partial charge is 0.234 e. The van der Waals surface area contributed by atoms with Crippen molar-refractivity contribution in [1.29, 1.82) is 0 Å². The number of rotatable bonds is 1. The predicted octanol–water partition coefficient (Wildman–Crippen LogP) is 2.09. The van der Waals surface area contributed by atoms with Crippen LogP contribution in [-0.4, -0.2) is 11.8 Å². The van der Waals surface area contributed by atoms with E-state index >= 15 is 0 Å². The fourth-order valence-corrected chi connectivity index (χ4v) is 2.28. The SMILES string of the molecule is O=C1CCC(c2coc3ccc(F)cc23)C(=O)N1. The zero-order valence-electron chi connectivity index (χ0n) is 9.40. The first kappa shape index (κ1) is 11.0. The first-order chi connectivity index (χ1) is 8.65. The second-order valence-electron chi connectivity index (χ2n) is 4.34. The van der Waals surface area contributed by atoms with Crippen molar-refractivity contribution >= 4 is 22.8 Å². The number of hydrogen-bond acceptors (Lipinski definition) is 3. The summed E-state index contributed by atoms with van der Waals surface area (Å²) in [6.45, 7) is 0. The summed E-state index contributed by atoms with van der Waals surface area (Å²) < 4.78 is 18.5. The van der Waals surface area contributed by atoms with Gasteiger partial charge in [0.05, 0.1) is 12.2 Å². The number of hydrogen-bond donors (Lipinski definition) is 1. The molecule has 4 nitrogen and oxygen atoms in total. The van der Waals surface area contributed by atoms with Gasteiger partial charge in [-0.2, -0.15) is 0 Å². The topological polar surface area (TPSA) is 59.3 Å². The Hall–Kier alpha value is -2.17. The second-order valence-corrected chi connectivity index (χ2v) is 4.34. The summed E-state index contributed by atoms with van der Waals surface area (Å²) in [7, 11) is 0. The molecule has 0 radical (unpaired) electrons. The number of benzene rings is 1. The standard InChI is InChI=1S/C13H10FNO3/c14-7-1-3-11-9(5-7)10(6-18-11)8-2-4-12(16)15-13(8)17/h1,3,5-6,8H,2,4H2,(H,15,16,17). The molecule has 0 saturated carbocycles. The van der Waals surface area contributed by atoms with Gasteiger partial charge in [0.1, 0.15) is 11.4 Å². The normalized spacial score (nSPS) is 20.2. The largest absolute Gasteiger partial charge is 0.464 e. The highest BCUT2D eigenvalue weighted by Crippen LogP contribution is 2.32. The van der Waals surface area contributed by atoms with Crippen molar-refractivity contribution in [3.63, 3.8) is 0 Å². The molecule has 1 aromatic carbocycles. The molecule has 1 aliphatic rings. The quantitative estimate of drug-likeness (QED) is 0.785. The molecule has 18 heavy (non-hydrogen) atoms. The average Bonchev–Trinajstić information content (AvgIpc) is 2.72. The summed E-state index contributed by atoms with van der Waals surface area (Å²) >= 11 is 0. The van der Waals surface area contributed by atoms with Gasteiger partial charge in [0, 0.05) is 17.4 Å². The third-order valence-electron chi connectivity index (χ3n) is 3.18. The lowest BCUT2D eigenvalue weighted by atomic mass is 9.90. The molecular formula is C13H10FNO3. The Labute approximate surface area is 102 Å². The highest BCUT2D eigenvalue weighted by molar-refractivity contribution is 6.02.